The third-order valence-corrected chi connectivity index (χ3v) is 5.63. The number of aliphatic hydroxyl groups excluding tert-OH is 1. The molecule has 2 rings (SSSR count). The van der Waals surface area contributed by atoms with Crippen molar-refractivity contribution in [1.82, 2.24) is 0 Å². The molecule has 2 aliphatic carbocycles. The zero-order valence-corrected chi connectivity index (χ0v) is 11.9. The van der Waals surface area contributed by atoms with Crippen molar-refractivity contribution in [2.75, 3.05) is 6.61 Å². The lowest BCUT2D eigenvalue weighted by molar-refractivity contribution is -0.0768. The first-order valence-electron chi connectivity index (χ1n) is 7.33. The highest BCUT2D eigenvalue weighted by molar-refractivity contribution is 5.00. The Bertz CT molecular complexity index is 297. The van der Waals surface area contributed by atoms with Crippen LogP contribution in [0.5, 0.6) is 0 Å². The molecule has 0 heterocycles. The second-order valence-corrected chi connectivity index (χ2v) is 7.21. The molecule has 0 unspecified atom stereocenters. The van der Waals surface area contributed by atoms with E-state index in [1.165, 1.54) is 0 Å². The molecule has 2 fully saturated rings. The van der Waals surface area contributed by atoms with Gasteiger partial charge in [-0.25, -0.2) is 0 Å². The van der Waals surface area contributed by atoms with Gasteiger partial charge in [-0.3, -0.25) is 0 Å². The Hall–Kier alpha value is -0.120. The van der Waals surface area contributed by atoms with E-state index in [0.29, 0.717) is 18.3 Å². The fourth-order valence-corrected chi connectivity index (χ4v) is 4.22. The van der Waals surface area contributed by atoms with Crippen LogP contribution in [0.1, 0.15) is 52.9 Å². The fourth-order valence-electron chi connectivity index (χ4n) is 4.22. The molecule has 0 amide bonds. The molecular weight excluding hydrogens is 228 g/mol. The Morgan fingerprint density at radius 1 is 1.22 bits per heavy atom. The van der Waals surface area contributed by atoms with Gasteiger partial charge in [0.2, 0.25) is 0 Å². The van der Waals surface area contributed by atoms with Crippen molar-refractivity contribution in [1.29, 1.82) is 0 Å². The second-order valence-electron chi connectivity index (χ2n) is 7.21. The number of hydrogen-bond acceptors (Lipinski definition) is 3. The van der Waals surface area contributed by atoms with Crippen LogP contribution in [0.25, 0.3) is 0 Å². The molecular formula is C15H28O3. The molecule has 5 atom stereocenters. The molecule has 0 radical (unpaired) electrons. The summed E-state index contributed by atoms with van der Waals surface area (Å²) < 4.78 is 0. The summed E-state index contributed by atoms with van der Waals surface area (Å²) in [4.78, 5) is 0. The average molecular weight is 256 g/mol. The SMILES string of the molecule is C[C@H]1CC[C@H]2[C@H]1C[C@H](C(C)(C)O)CC[C@@]2(O)CO. The minimum Gasteiger partial charge on any atom is -0.393 e. The number of aliphatic hydroxyl groups is 3. The van der Waals surface area contributed by atoms with Gasteiger partial charge >= 0.3 is 0 Å². The zero-order valence-electron chi connectivity index (χ0n) is 11.9. The first kappa shape index (κ1) is 14.3. The molecule has 2 aliphatic rings. The van der Waals surface area contributed by atoms with Crippen LogP contribution >= 0.6 is 0 Å². The average Bonchev–Trinajstić information content (AvgIpc) is 2.56. The minimum atomic E-state index is -0.921. The summed E-state index contributed by atoms with van der Waals surface area (Å²) in [7, 11) is 0. The summed E-state index contributed by atoms with van der Waals surface area (Å²) in [6.45, 7) is 5.85. The smallest absolute Gasteiger partial charge is 0.0908 e. The van der Waals surface area contributed by atoms with Crippen molar-refractivity contribution < 1.29 is 15.3 Å². The fraction of sp³-hybridized carbons (Fsp3) is 1.00. The van der Waals surface area contributed by atoms with Crippen LogP contribution in [0.15, 0.2) is 0 Å². The van der Waals surface area contributed by atoms with Crippen LogP contribution in [0.3, 0.4) is 0 Å². The molecule has 3 nitrogen and oxygen atoms in total. The topological polar surface area (TPSA) is 60.7 Å². The third-order valence-electron chi connectivity index (χ3n) is 5.63. The third kappa shape index (κ3) is 2.45. The predicted octanol–water partition coefficient (Wildman–Crippen LogP) is 1.94. The lowest BCUT2D eigenvalue weighted by atomic mass is 9.76. The van der Waals surface area contributed by atoms with Gasteiger partial charge in [0.05, 0.1) is 17.8 Å². The Morgan fingerprint density at radius 2 is 1.89 bits per heavy atom. The van der Waals surface area contributed by atoms with E-state index in [0.717, 1.165) is 25.7 Å². The monoisotopic (exact) mass is 256 g/mol. The largest absolute Gasteiger partial charge is 0.393 e. The van der Waals surface area contributed by atoms with Crippen LogP contribution in [-0.2, 0) is 0 Å². The van der Waals surface area contributed by atoms with Gasteiger partial charge in [-0.2, -0.15) is 0 Å². The van der Waals surface area contributed by atoms with E-state index in [9.17, 15) is 15.3 Å². The van der Waals surface area contributed by atoms with E-state index in [1.807, 2.05) is 13.8 Å². The number of hydrogen-bond donors (Lipinski definition) is 3. The van der Waals surface area contributed by atoms with Crippen LogP contribution in [0, 0.1) is 23.7 Å². The van der Waals surface area contributed by atoms with Gasteiger partial charge < -0.3 is 15.3 Å². The van der Waals surface area contributed by atoms with Gasteiger partial charge in [0.1, 0.15) is 0 Å². The molecule has 0 aromatic carbocycles. The lowest BCUT2D eigenvalue weighted by Crippen LogP contribution is -2.42. The number of rotatable bonds is 2. The number of fused-ring (bicyclic) bond motifs is 1. The predicted molar refractivity (Wildman–Crippen MR) is 71.1 cm³/mol. The van der Waals surface area contributed by atoms with E-state index >= 15 is 0 Å². The van der Waals surface area contributed by atoms with Crippen LogP contribution in [0.2, 0.25) is 0 Å². The van der Waals surface area contributed by atoms with Crippen LogP contribution in [0.4, 0.5) is 0 Å². The molecule has 3 heteroatoms. The molecule has 2 saturated carbocycles. The van der Waals surface area contributed by atoms with E-state index in [1.54, 1.807) is 0 Å². The van der Waals surface area contributed by atoms with Crippen molar-refractivity contribution in [2.45, 2.75) is 64.1 Å². The van der Waals surface area contributed by atoms with E-state index < -0.39 is 11.2 Å². The highest BCUT2D eigenvalue weighted by Crippen LogP contribution is 2.51. The molecule has 0 aromatic rings. The maximum atomic E-state index is 10.7. The first-order chi connectivity index (χ1) is 8.28. The summed E-state index contributed by atoms with van der Waals surface area (Å²) in [5, 5.41) is 30.6. The summed E-state index contributed by atoms with van der Waals surface area (Å²) in [6.07, 6.45) is 4.56. The van der Waals surface area contributed by atoms with Crippen LogP contribution < -0.4 is 0 Å². The Morgan fingerprint density at radius 3 is 2.44 bits per heavy atom. The van der Waals surface area contributed by atoms with E-state index in [4.69, 9.17) is 0 Å². The standard InChI is InChI=1S/C15H28O3/c1-10-4-5-13-12(10)8-11(14(2,3)17)6-7-15(13,18)9-16/h10-13,16-18H,4-9H2,1-3H3/t10-,11+,12-,13-,15+/m0/s1. The normalized spacial score (nSPS) is 45.7. The quantitative estimate of drug-likeness (QED) is 0.707. The van der Waals surface area contributed by atoms with Crippen molar-refractivity contribution in [3.05, 3.63) is 0 Å². The summed E-state index contributed by atoms with van der Waals surface area (Å²) in [5.41, 5.74) is -1.61. The molecule has 3 N–H and O–H groups in total. The molecule has 18 heavy (non-hydrogen) atoms. The summed E-state index contributed by atoms with van der Waals surface area (Å²) in [6, 6.07) is 0. The van der Waals surface area contributed by atoms with Gasteiger partial charge in [-0.15, -0.1) is 0 Å². The molecule has 0 spiro atoms. The van der Waals surface area contributed by atoms with E-state index in [-0.39, 0.29) is 18.4 Å². The van der Waals surface area contributed by atoms with Crippen LogP contribution in [-0.4, -0.2) is 33.1 Å². The summed E-state index contributed by atoms with van der Waals surface area (Å²) >= 11 is 0. The van der Waals surface area contributed by atoms with Crippen molar-refractivity contribution in [2.24, 2.45) is 23.7 Å². The van der Waals surface area contributed by atoms with Gasteiger partial charge in [0, 0.05) is 0 Å². The minimum absolute atomic E-state index is 0.139. The molecule has 0 saturated heterocycles. The molecule has 0 bridgehead atoms. The van der Waals surface area contributed by atoms with Gasteiger partial charge in [0.25, 0.3) is 0 Å². The Kier molecular flexibility index (Phi) is 3.79. The second kappa shape index (κ2) is 4.77. The Balaban J connectivity index is 2.25. The molecule has 0 aliphatic heterocycles. The van der Waals surface area contributed by atoms with Crippen molar-refractivity contribution >= 4 is 0 Å². The van der Waals surface area contributed by atoms with Crippen molar-refractivity contribution in [3.63, 3.8) is 0 Å². The molecule has 0 aromatic heterocycles. The van der Waals surface area contributed by atoms with Crippen molar-refractivity contribution in [3.8, 4) is 0 Å². The zero-order chi connectivity index (χ0) is 13.6. The maximum absolute atomic E-state index is 10.7. The highest BCUT2D eigenvalue weighted by atomic mass is 16.3. The first-order valence-corrected chi connectivity index (χ1v) is 7.33. The lowest BCUT2D eigenvalue weighted by Gasteiger charge is -2.35. The maximum Gasteiger partial charge on any atom is 0.0908 e. The van der Waals surface area contributed by atoms with Gasteiger partial charge in [-0.1, -0.05) is 13.3 Å². The highest BCUT2D eigenvalue weighted by Gasteiger charge is 2.50. The molecule has 106 valence electrons. The van der Waals surface area contributed by atoms with Gasteiger partial charge in [0.15, 0.2) is 0 Å². The van der Waals surface area contributed by atoms with Gasteiger partial charge in [-0.05, 0) is 63.2 Å². The Labute approximate surface area is 110 Å². The summed E-state index contributed by atoms with van der Waals surface area (Å²) in [5.74, 6) is 1.48. The van der Waals surface area contributed by atoms with E-state index in [2.05, 4.69) is 6.92 Å².